The summed E-state index contributed by atoms with van der Waals surface area (Å²) < 4.78 is 12.6. The second-order valence-electron chi connectivity index (χ2n) is 3.73. The third-order valence-corrected chi connectivity index (χ3v) is 2.48. The van der Waals surface area contributed by atoms with Gasteiger partial charge >= 0.3 is 0 Å². The van der Waals surface area contributed by atoms with Gasteiger partial charge in [0.15, 0.2) is 0 Å². The molecule has 82 valence electrons. The number of ketones is 1. The molecule has 0 fully saturated rings. The Morgan fingerprint density at radius 2 is 1.87 bits per heavy atom. The van der Waals surface area contributed by atoms with Crippen LogP contribution in [0, 0.1) is 5.82 Å². The molecule has 0 radical (unpaired) electrons. The van der Waals surface area contributed by atoms with E-state index in [0.29, 0.717) is 18.6 Å². The molecule has 0 amide bonds. The summed E-state index contributed by atoms with van der Waals surface area (Å²) in [6.07, 6.45) is 4.17. The average Bonchev–Trinajstić information content (AvgIpc) is 2.26. The largest absolute Gasteiger partial charge is 0.300 e. The molecular weight excluding hydrogens is 191 g/mol. The zero-order chi connectivity index (χ0) is 11.1. The third-order valence-electron chi connectivity index (χ3n) is 2.48. The van der Waals surface area contributed by atoms with Crippen LogP contribution in [0.4, 0.5) is 4.39 Å². The fraction of sp³-hybridized carbons (Fsp3) is 0.462. The Balaban J connectivity index is 2.20. The van der Waals surface area contributed by atoms with E-state index in [1.165, 1.54) is 12.1 Å². The summed E-state index contributed by atoms with van der Waals surface area (Å²) in [5.41, 5.74) is 1.14. The fourth-order valence-corrected chi connectivity index (χ4v) is 1.48. The molecule has 0 aliphatic rings. The van der Waals surface area contributed by atoms with Crippen LogP contribution in [0.25, 0.3) is 0 Å². The Hall–Kier alpha value is -1.18. The summed E-state index contributed by atoms with van der Waals surface area (Å²) in [7, 11) is 0. The first-order valence-electron chi connectivity index (χ1n) is 5.48. The van der Waals surface area contributed by atoms with Crippen molar-refractivity contribution < 1.29 is 9.18 Å². The number of hydrogen-bond acceptors (Lipinski definition) is 1. The maximum atomic E-state index is 12.6. The van der Waals surface area contributed by atoms with Gasteiger partial charge in [-0.05, 0) is 37.0 Å². The normalized spacial score (nSPS) is 10.3. The SMILES string of the molecule is CCC(=O)CCCCc1ccc(F)cc1. The maximum Gasteiger partial charge on any atom is 0.132 e. The minimum absolute atomic E-state index is 0.195. The van der Waals surface area contributed by atoms with Gasteiger partial charge in [-0.1, -0.05) is 19.1 Å². The van der Waals surface area contributed by atoms with Crippen LogP contribution in [0.3, 0.4) is 0 Å². The van der Waals surface area contributed by atoms with Crippen LogP contribution in [-0.4, -0.2) is 5.78 Å². The van der Waals surface area contributed by atoms with E-state index in [1.54, 1.807) is 12.1 Å². The number of benzene rings is 1. The number of carbonyl (C=O) groups is 1. The highest BCUT2D eigenvalue weighted by Crippen LogP contribution is 2.08. The molecule has 1 rings (SSSR count). The number of halogens is 1. The van der Waals surface area contributed by atoms with E-state index in [0.717, 1.165) is 24.8 Å². The average molecular weight is 208 g/mol. The van der Waals surface area contributed by atoms with E-state index in [9.17, 15) is 9.18 Å². The van der Waals surface area contributed by atoms with E-state index in [2.05, 4.69) is 0 Å². The number of Topliss-reactive ketones (excluding diaryl/α,β-unsaturated/α-hetero) is 1. The molecule has 0 aliphatic carbocycles. The van der Waals surface area contributed by atoms with Crippen molar-refractivity contribution in [2.75, 3.05) is 0 Å². The van der Waals surface area contributed by atoms with Crippen molar-refractivity contribution >= 4 is 5.78 Å². The first-order valence-corrected chi connectivity index (χ1v) is 5.48. The van der Waals surface area contributed by atoms with E-state index < -0.39 is 0 Å². The molecular formula is C13H17FO. The van der Waals surface area contributed by atoms with Crippen molar-refractivity contribution in [3.63, 3.8) is 0 Å². The first kappa shape index (κ1) is 11.9. The van der Waals surface area contributed by atoms with Crippen LogP contribution in [0.2, 0.25) is 0 Å². The third kappa shape index (κ3) is 4.73. The number of aryl methyl sites for hydroxylation is 1. The highest BCUT2D eigenvalue weighted by molar-refractivity contribution is 5.77. The molecule has 0 aliphatic heterocycles. The Morgan fingerprint density at radius 1 is 1.20 bits per heavy atom. The smallest absolute Gasteiger partial charge is 0.132 e. The lowest BCUT2D eigenvalue weighted by Crippen LogP contribution is -1.95. The highest BCUT2D eigenvalue weighted by Gasteiger charge is 1.98. The fourth-order valence-electron chi connectivity index (χ4n) is 1.48. The Bertz CT molecular complexity index is 303. The van der Waals surface area contributed by atoms with Crippen molar-refractivity contribution in [2.45, 2.75) is 39.0 Å². The molecule has 0 bridgehead atoms. The van der Waals surface area contributed by atoms with Crippen LogP contribution in [-0.2, 0) is 11.2 Å². The Labute approximate surface area is 90.3 Å². The van der Waals surface area contributed by atoms with Gasteiger partial charge in [0.05, 0.1) is 0 Å². The molecule has 0 heterocycles. The van der Waals surface area contributed by atoms with E-state index in [1.807, 2.05) is 6.92 Å². The molecule has 0 saturated carbocycles. The van der Waals surface area contributed by atoms with E-state index >= 15 is 0 Å². The second kappa shape index (κ2) is 6.33. The second-order valence-corrected chi connectivity index (χ2v) is 3.73. The maximum absolute atomic E-state index is 12.6. The van der Waals surface area contributed by atoms with Gasteiger partial charge in [-0.2, -0.15) is 0 Å². The first-order chi connectivity index (χ1) is 7.22. The molecule has 0 saturated heterocycles. The lowest BCUT2D eigenvalue weighted by atomic mass is 10.1. The molecule has 0 unspecified atom stereocenters. The molecule has 2 heteroatoms. The van der Waals surface area contributed by atoms with Crippen molar-refractivity contribution in [1.82, 2.24) is 0 Å². The van der Waals surface area contributed by atoms with Crippen molar-refractivity contribution in [3.8, 4) is 0 Å². The van der Waals surface area contributed by atoms with Gasteiger partial charge < -0.3 is 0 Å². The molecule has 15 heavy (non-hydrogen) atoms. The minimum atomic E-state index is -0.195. The van der Waals surface area contributed by atoms with Crippen LogP contribution in [0.15, 0.2) is 24.3 Å². The number of rotatable bonds is 6. The standard InChI is InChI=1S/C13H17FO/c1-2-13(15)6-4-3-5-11-7-9-12(14)10-8-11/h7-10H,2-6H2,1H3. The van der Waals surface area contributed by atoms with Gasteiger partial charge in [0.1, 0.15) is 11.6 Å². The molecule has 1 aromatic rings. The van der Waals surface area contributed by atoms with Gasteiger partial charge in [-0.3, -0.25) is 4.79 Å². The summed E-state index contributed by atoms with van der Waals surface area (Å²) in [5, 5.41) is 0. The topological polar surface area (TPSA) is 17.1 Å². The van der Waals surface area contributed by atoms with Gasteiger partial charge in [-0.15, -0.1) is 0 Å². The van der Waals surface area contributed by atoms with Crippen molar-refractivity contribution in [3.05, 3.63) is 35.6 Å². The summed E-state index contributed by atoms with van der Waals surface area (Å²) in [5.74, 6) is 0.133. The van der Waals surface area contributed by atoms with Crippen molar-refractivity contribution in [1.29, 1.82) is 0 Å². The monoisotopic (exact) mass is 208 g/mol. The minimum Gasteiger partial charge on any atom is -0.300 e. The van der Waals surface area contributed by atoms with Crippen LogP contribution < -0.4 is 0 Å². The van der Waals surface area contributed by atoms with E-state index in [-0.39, 0.29) is 5.82 Å². The lowest BCUT2D eigenvalue weighted by molar-refractivity contribution is -0.118. The molecule has 1 aromatic carbocycles. The van der Waals surface area contributed by atoms with Gasteiger partial charge in [-0.25, -0.2) is 4.39 Å². The molecule has 1 nitrogen and oxygen atoms in total. The van der Waals surface area contributed by atoms with Crippen LogP contribution in [0.1, 0.15) is 38.2 Å². The predicted octanol–water partition coefficient (Wildman–Crippen LogP) is 3.52. The van der Waals surface area contributed by atoms with Gasteiger partial charge in [0.25, 0.3) is 0 Å². The van der Waals surface area contributed by atoms with Gasteiger partial charge in [0, 0.05) is 12.8 Å². The molecule has 0 atom stereocenters. The molecule has 0 N–H and O–H groups in total. The number of unbranched alkanes of at least 4 members (excludes halogenated alkanes) is 1. The summed E-state index contributed by atoms with van der Waals surface area (Å²) in [6, 6.07) is 6.56. The summed E-state index contributed by atoms with van der Waals surface area (Å²) in [6.45, 7) is 1.89. The number of hydrogen-bond donors (Lipinski definition) is 0. The van der Waals surface area contributed by atoms with Crippen molar-refractivity contribution in [2.24, 2.45) is 0 Å². The Kier molecular flexibility index (Phi) is 5.02. The quantitative estimate of drug-likeness (QED) is 0.654. The number of carbonyl (C=O) groups excluding carboxylic acids is 1. The lowest BCUT2D eigenvalue weighted by Gasteiger charge is -2.00. The molecule has 0 spiro atoms. The van der Waals surface area contributed by atoms with Crippen LogP contribution in [0.5, 0.6) is 0 Å². The zero-order valence-electron chi connectivity index (χ0n) is 9.13. The summed E-state index contributed by atoms with van der Waals surface area (Å²) >= 11 is 0. The molecule has 0 aromatic heterocycles. The zero-order valence-corrected chi connectivity index (χ0v) is 9.13. The van der Waals surface area contributed by atoms with Gasteiger partial charge in [0.2, 0.25) is 0 Å². The highest BCUT2D eigenvalue weighted by atomic mass is 19.1. The summed E-state index contributed by atoms with van der Waals surface area (Å²) in [4.78, 5) is 11.0. The predicted molar refractivity (Wildman–Crippen MR) is 59.3 cm³/mol. The van der Waals surface area contributed by atoms with E-state index in [4.69, 9.17) is 0 Å². The van der Waals surface area contributed by atoms with Crippen LogP contribution >= 0.6 is 0 Å². The Morgan fingerprint density at radius 3 is 2.47 bits per heavy atom.